The Bertz CT molecular complexity index is 651. The fraction of sp³-hybridized carbons (Fsp3) is 0. The third-order valence-electron chi connectivity index (χ3n) is 2.33. The molecule has 0 saturated heterocycles. The number of halogens is 3. The minimum absolute atomic E-state index is 0.0861. The molecule has 0 spiro atoms. The van der Waals surface area contributed by atoms with Crippen molar-refractivity contribution in [1.29, 1.82) is 0 Å². The molecular formula is C13H8BrClFNOS. The third-order valence-corrected chi connectivity index (χ3v) is 3.42. The smallest absolute Gasteiger partial charge is 0.166 e. The normalized spacial score (nSPS) is 10.3. The van der Waals surface area contributed by atoms with Gasteiger partial charge in [-0.3, -0.25) is 0 Å². The molecule has 2 nitrogen and oxygen atoms in total. The number of benzene rings is 2. The molecule has 0 fully saturated rings. The van der Waals surface area contributed by atoms with Gasteiger partial charge in [0.2, 0.25) is 0 Å². The van der Waals surface area contributed by atoms with Crippen molar-refractivity contribution in [1.82, 2.24) is 0 Å². The number of nitrogens with two attached hydrogens (primary N) is 1. The van der Waals surface area contributed by atoms with E-state index in [0.717, 1.165) is 0 Å². The SMILES string of the molecule is NC(=S)c1ccc(Oc2ccc(Cl)cc2Br)c(F)c1. The van der Waals surface area contributed by atoms with Crippen molar-refractivity contribution in [3.63, 3.8) is 0 Å². The summed E-state index contributed by atoms with van der Waals surface area (Å²) in [5.74, 6) is 0.0153. The van der Waals surface area contributed by atoms with Crippen LogP contribution >= 0.6 is 39.7 Å². The Morgan fingerprint density at radius 2 is 1.89 bits per heavy atom. The van der Waals surface area contributed by atoms with Gasteiger partial charge in [-0.25, -0.2) is 4.39 Å². The summed E-state index contributed by atoms with van der Waals surface area (Å²) in [5, 5.41) is 0.559. The molecule has 0 bridgehead atoms. The van der Waals surface area contributed by atoms with Gasteiger partial charge in [-0.1, -0.05) is 23.8 Å². The molecule has 98 valence electrons. The maximum absolute atomic E-state index is 13.8. The molecule has 0 atom stereocenters. The van der Waals surface area contributed by atoms with E-state index >= 15 is 0 Å². The topological polar surface area (TPSA) is 35.2 Å². The molecule has 2 rings (SSSR count). The summed E-state index contributed by atoms with van der Waals surface area (Å²) in [6.07, 6.45) is 0. The fourth-order valence-electron chi connectivity index (χ4n) is 1.41. The molecule has 0 radical (unpaired) electrons. The van der Waals surface area contributed by atoms with Crippen LogP contribution in [0.5, 0.6) is 11.5 Å². The second kappa shape index (κ2) is 5.86. The first-order chi connectivity index (χ1) is 8.97. The Hall–Kier alpha value is -1.17. The van der Waals surface area contributed by atoms with Gasteiger partial charge in [0, 0.05) is 10.6 Å². The van der Waals surface area contributed by atoms with Crippen molar-refractivity contribution in [2.24, 2.45) is 5.73 Å². The lowest BCUT2D eigenvalue weighted by Gasteiger charge is -2.09. The van der Waals surface area contributed by atoms with Gasteiger partial charge in [0.15, 0.2) is 11.6 Å². The summed E-state index contributed by atoms with van der Waals surface area (Å²) in [4.78, 5) is 0.137. The maximum atomic E-state index is 13.8. The second-order valence-corrected chi connectivity index (χ2v) is 5.42. The van der Waals surface area contributed by atoms with E-state index in [-0.39, 0.29) is 10.7 Å². The van der Waals surface area contributed by atoms with Gasteiger partial charge in [-0.15, -0.1) is 0 Å². The Morgan fingerprint density at radius 1 is 1.21 bits per heavy atom. The van der Waals surface area contributed by atoms with E-state index in [1.807, 2.05) is 0 Å². The zero-order chi connectivity index (χ0) is 14.0. The predicted molar refractivity (Wildman–Crippen MR) is 81.5 cm³/mol. The largest absolute Gasteiger partial charge is 0.453 e. The average molecular weight is 361 g/mol. The van der Waals surface area contributed by atoms with Crippen LogP contribution in [0.4, 0.5) is 4.39 Å². The standard InChI is InChI=1S/C13H8BrClFNOS/c14-9-6-8(15)2-4-11(9)18-12-3-1-7(13(17)19)5-10(12)16/h1-6H,(H2,17,19). The first kappa shape index (κ1) is 14.2. The lowest BCUT2D eigenvalue weighted by atomic mass is 10.2. The van der Waals surface area contributed by atoms with Crippen LogP contribution in [0, 0.1) is 5.82 Å². The molecule has 2 N–H and O–H groups in total. The van der Waals surface area contributed by atoms with Gasteiger partial charge >= 0.3 is 0 Å². The zero-order valence-electron chi connectivity index (χ0n) is 9.49. The molecular weight excluding hydrogens is 353 g/mol. The number of hydrogen-bond acceptors (Lipinski definition) is 2. The lowest BCUT2D eigenvalue weighted by molar-refractivity contribution is 0.440. The Balaban J connectivity index is 2.31. The summed E-state index contributed by atoms with van der Waals surface area (Å²) >= 11 is 13.9. The van der Waals surface area contributed by atoms with Crippen LogP contribution in [0.25, 0.3) is 0 Å². The van der Waals surface area contributed by atoms with Gasteiger partial charge in [-0.2, -0.15) is 0 Å². The van der Waals surface area contributed by atoms with Gasteiger partial charge in [-0.05, 0) is 52.3 Å². The first-order valence-corrected chi connectivity index (χ1v) is 6.77. The van der Waals surface area contributed by atoms with Gasteiger partial charge in [0.25, 0.3) is 0 Å². The van der Waals surface area contributed by atoms with Crippen LogP contribution in [-0.4, -0.2) is 4.99 Å². The van der Waals surface area contributed by atoms with E-state index in [9.17, 15) is 4.39 Å². The van der Waals surface area contributed by atoms with Crippen molar-refractivity contribution in [3.05, 3.63) is 57.3 Å². The summed E-state index contributed by atoms with van der Waals surface area (Å²) < 4.78 is 19.9. The second-order valence-electron chi connectivity index (χ2n) is 3.69. The van der Waals surface area contributed by atoms with Crippen LogP contribution in [-0.2, 0) is 0 Å². The van der Waals surface area contributed by atoms with Crippen LogP contribution in [0.15, 0.2) is 40.9 Å². The third kappa shape index (κ3) is 3.43. The lowest BCUT2D eigenvalue weighted by Crippen LogP contribution is -2.09. The fourth-order valence-corrected chi connectivity index (χ4v) is 2.30. The predicted octanol–water partition coefficient (Wildman–Crippen LogP) is 4.67. The van der Waals surface area contributed by atoms with Crippen LogP contribution < -0.4 is 10.5 Å². The Kier molecular flexibility index (Phi) is 4.39. The van der Waals surface area contributed by atoms with Crippen molar-refractivity contribution in [2.45, 2.75) is 0 Å². The van der Waals surface area contributed by atoms with Crippen molar-refractivity contribution in [2.75, 3.05) is 0 Å². The van der Waals surface area contributed by atoms with Crippen LogP contribution in [0.3, 0.4) is 0 Å². The molecule has 0 aliphatic heterocycles. The highest BCUT2D eigenvalue weighted by Gasteiger charge is 2.09. The summed E-state index contributed by atoms with van der Waals surface area (Å²) in [7, 11) is 0. The minimum atomic E-state index is -0.535. The monoisotopic (exact) mass is 359 g/mol. The number of thiocarbonyl (C=S) groups is 1. The first-order valence-electron chi connectivity index (χ1n) is 5.19. The van der Waals surface area contributed by atoms with Gasteiger partial charge in [0.05, 0.1) is 4.47 Å². The number of hydrogen-bond donors (Lipinski definition) is 1. The molecule has 0 aliphatic rings. The molecule has 0 aromatic heterocycles. The Labute approximate surface area is 128 Å². The van der Waals surface area contributed by atoms with Crippen molar-refractivity contribution < 1.29 is 9.13 Å². The van der Waals surface area contributed by atoms with Crippen LogP contribution in [0.2, 0.25) is 5.02 Å². The maximum Gasteiger partial charge on any atom is 0.166 e. The molecule has 0 saturated carbocycles. The van der Waals surface area contributed by atoms with Gasteiger partial charge < -0.3 is 10.5 Å². The highest BCUT2D eigenvalue weighted by Crippen LogP contribution is 2.33. The number of ether oxygens (including phenoxy) is 1. The zero-order valence-corrected chi connectivity index (χ0v) is 12.7. The highest BCUT2D eigenvalue weighted by molar-refractivity contribution is 9.10. The van der Waals surface area contributed by atoms with E-state index in [1.165, 1.54) is 12.1 Å². The van der Waals surface area contributed by atoms with Crippen LogP contribution in [0.1, 0.15) is 5.56 Å². The van der Waals surface area contributed by atoms with Crippen molar-refractivity contribution in [3.8, 4) is 11.5 Å². The molecule has 0 amide bonds. The molecule has 6 heteroatoms. The molecule has 2 aromatic carbocycles. The summed E-state index contributed by atoms with van der Waals surface area (Å²) in [6, 6.07) is 9.28. The molecule has 0 unspecified atom stereocenters. The summed E-state index contributed by atoms with van der Waals surface area (Å²) in [5.41, 5.74) is 5.88. The highest BCUT2D eigenvalue weighted by atomic mass is 79.9. The Morgan fingerprint density at radius 3 is 2.47 bits per heavy atom. The molecule has 0 heterocycles. The van der Waals surface area contributed by atoms with E-state index in [2.05, 4.69) is 15.9 Å². The van der Waals surface area contributed by atoms with Crippen molar-refractivity contribution >= 4 is 44.7 Å². The average Bonchev–Trinajstić information content (AvgIpc) is 2.34. The number of rotatable bonds is 3. The summed E-state index contributed by atoms with van der Waals surface area (Å²) in [6.45, 7) is 0. The molecule has 19 heavy (non-hydrogen) atoms. The quantitative estimate of drug-likeness (QED) is 0.808. The van der Waals surface area contributed by atoms with E-state index in [1.54, 1.807) is 24.3 Å². The van der Waals surface area contributed by atoms with E-state index in [0.29, 0.717) is 20.8 Å². The minimum Gasteiger partial charge on any atom is -0.453 e. The molecule has 2 aromatic rings. The van der Waals surface area contributed by atoms with E-state index in [4.69, 9.17) is 34.3 Å². The van der Waals surface area contributed by atoms with Gasteiger partial charge in [0.1, 0.15) is 10.7 Å². The van der Waals surface area contributed by atoms with E-state index < -0.39 is 5.82 Å². The molecule has 0 aliphatic carbocycles.